The van der Waals surface area contributed by atoms with Gasteiger partial charge >= 0.3 is 6.18 Å². The number of alkyl halides is 3. The molecule has 7 heteroatoms. The van der Waals surface area contributed by atoms with Gasteiger partial charge in [0.15, 0.2) is 0 Å². The number of rotatable bonds is 3. The lowest BCUT2D eigenvalue weighted by Crippen LogP contribution is -2.15. The summed E-state index contributed by atoms with van der Waals surface area (Å²) >= 11 is 0. The fourth-order valence-corrected chi connectivity index (χ4v) is 1.88. The molecule has 1 aromatic carbocycles. The second-order valence-corrected chi connectivity index (χ2v) is 4.46. The van der Waals surface area contributed by atoms with E-state index in [1.54, 1.807) is 0 Å². The van der Waals surface area contributed by atoms with Gasteiger partial charge in [-0.2, -0.15) is 13.2 Å². The van der Waals surface area contributed by atoms with Gasteiger partial charge in [-0.25, -0.2) is 0 Å². The van der Waals surface area contributed by atoms with Crippen LogP contribution in [0.25, 0.3) is 0 Å². The normalized spacial score (nSPS) is 17.6. The monoisotopic (exact) mass is 261 g/mol. The summed E-state index contributed by atoms with van der Waals surface area (Å²) in [5.74, 6) is 0. The van der Waals surface area contributed by atoms with Crippen molar-refractivity contribution in [3.05, 3.63) is 39.4 Å². The Kier molecular flexibility index (Phi) is 2.81. The van der Waals surface area contributed by atoms with Crippen molar-refractivity contribution >= 4 is 5.69 Å². The first-order valence-electron chi connectivity index (χ1n) is 5.26. The average Bonchev–Trinajstić information content (AvgIpc) is 3.08. The van der Waals surface area contributed by atoms with Crippen molar-refractivity contribution in [2.24, 2.45) is 0 Å². The maximum absolute atomic E-state index is 12.6. The van der Waals surface area contributed by atoms with Crippen LogP contribution in [0.5, 0.6) is 0 Å². The van der Waals surface area contributed by atoms with Gasteiger partial charge in [0, 0.05) is 17.5 Å². The Bertz CT molecular complexity index is 495. The van der Waals surface area contributed by atoms with Crippen LogP contribution < -0.4 is 0 Å². The van der Waals surface area contributed by atoms with Crippen molar-refractivity contribution in [3.8, 4) is 0 Å². The van der Waals surface area contributed by atoms with Crippen LogP contribution in [-0.4, -0.2) is 16.6 Å². The Morgan fingerprint density at radius 1 is 1.33 bits per heavy atom. The maximum atomic E-state index is 12.6. The molecule has 0 atom stereocenters. The molecule has 0 spiro atoms. The van der Waals surface area contributed by atoms with E-state index in [1.807, 2.05) is 0 Å². The number of aliphatic hydroxyl groups excluding tert-OH is 1. The number of nitro groups is 1. The van der Waals surface area contributed by atoms with E-state index < -0.39 is 27.8 Å². The van der Waals surface area contributed by atoms with E-state index >= 15 is 0 Å². The van der Waals surface area contributed by atoms with Gasteiger partial charge in [0.1, 0.15) is 0 Å². The molecule has 0 aromatic heterocycles. The number of non-ortho nitro benzene ring substituents is 1. The van der Waals surface area contributed by atoms with Gasteiger partial charge in [0.25, 0.3) is 5.69 Å². The van der Waals surface area contributed by atoms with Crippen LogP contribution in [0.1, 0.15) is 24.0 Å². The van der Waals surface area contributed by atoms with Gasteiger partial charge in [0.2, 0.25) is 0 Å². The zero-order valence-electron chi connectivity index (χ0n) is 9.20. The molecule has 1 aromatic rings. The number of aliphatic hydroxyl groups is 1. The maximum Gasteiger partial charge on any atom is 0.416 e. The molecular formula is C11H10F3NO3. The Labute approximate surface area is 100 Å². The summed E-state index contributed by atoms with van der Waals surface area (Å²) in [6.07, 6.45) is -3.55. The van der Waals surface area contributed by atoms with Gasteiger partial charge in [0.05, 0.1) is 17.1 Å². The van der Waals surface area contributed by atoms with E-state index in [1.165, 1.54) is 0 Å². The lowest BCUT2D eigenvalue weighted by molar-refractivity contribution is -0.385. The topological polar surface area (TPSA) is 63.4 Å². The van der Waals surface area contributed by atoms with Crippen molar-refractivity contribution in [3.63, 3.8) is 0 Å². The molecule has 1 aliphatic carbocycles. The fourth-order valence-electron chi connectivity index (χ4n) is 1.88. The minimum absolute atomic E-state index is 0.187. The summed E-state index contributed by atoms with van der Waals surface area (Å²) in [7, 11) is 0. The molecule has 0 aliphatic heterocycles. The van der Waals surface area contributed by atoms with Crippen LogP contribution in [-0.2, 0) is 11.6 Å². The smallest absolute Gasteiger partial charge is 0.395 e. The van der Waals surface area contributed by atoms with E-state index in [0.717, 1.165) is 12.1 Å². The predicted molar refractivity (Wildman–Crippen MR) is 56.1 cm³/mol. The van der Waals surface area contributed by atoms with Crippen molar-refractivity contribution in [2.45, 2.75) is 24.4 Å². The third-order valence-corrected chi connectivity index (χ3v) is 3.22. The second kappa shape index (κ2) is 3.94. The zero-order valence-corrected chi connectivity index (χ0v) is 9.20. The molecule has 1 aliphatic rings. The Hall–Kier alpha value is -1.63. The Morgan fingerprint density at radius 2 is 1.94 bits per heavy atom. The number of halogens is 3. The number of nitrogens with zero attached hydrogens (tertiary/aromatic N) is 1. The standard InChI is InChI=1S/C11H10F3NO3/c12-11(13,14)8-3-7(10(6-16)1-2-10)4-9(5-8)15(17)18/h3-5,16H,1-2,6H2. The van der Waals surface area contributed by atoms with Crippen LogP contribution in [0.2, 0.25) is 0 Å². The minimum atomic E-state index is -4.63. The highest BCUT2D eigenvalue weighted by molar-refractivity contribution is 5.45. The fraction of sp³-hybridized carbons (Fsp3) is 0.455. The molecule has 1 N–H and O–H groups in total. The molecular weight excluding hydrogens is 251 g/mol. The first kappa shape index (κ1) is 12.8. The Balaban J connectivity index is 2.54. The Morgan fingerprint density at radius 3 is 2.33 bits per heavy atom. The molecule has 2 rings (SSSR count). The van der Waals surface area contributed by atoms with Crippen LogP contribution >= 0.6 is 0 Å². The summed E-state index contributed by atoms with van der Waals surface area (Å²) < 4.78 is 37.9. The average molecular weight is 261 g/mol. The predicted octanol–water partition coefficient (Wildman–Crippen LogP) is 2.64. The first-order valence-corrected chi connectivity index (χ1v) is 5.26. The number of benzene rings is 1. The van der Waals surface area contributed by atoms with Crippen molar-refractivity contribution in [2.75, 3.05) is 6.61 Å². The SMILES string of the molecule is O=[N+]([O-])c1cc(C(F)(F)F)cc(C2(CO)CC2)c1. The number of nitro benzene ring substituents is 1. The van der Waals surface area contributed by atoms with E-state index in [-0.39, 0.29) is 12.2 Å². The van der Waals surface area contributed by atoms with E-state index in [0.29, 0.717) is 18.9 Å². The van der Waals surface area contributed by atoms with Gasteiger partial charge in [-0.1, -0.05) is 0 Å². The van der Waals surface area contributed by atoms with E-state index in [4.69, 9.17) is 0 Å². The van der Waals surface area contributed by atoms with Crippen molar-refractivity contribution < 1.29 is 23.2 Å². The quantitative estimate of drug-likeness (QED) is 0.672. The van der Waals surface area contributed by atoms with Gasteiger partial charge in [-0.05, 0) is 24.5 Å². The molecule has 0 amide bonds. The molecule has 1 fully saturated rings. The number of hydrogen-bond donors (Lipinski definition) is 1. The molecule has 0 heterocycles. The van der Waals surface area contributed by atoms with Gasteiger partial charge in [-0.3, -0.25) is 10.1 Å². The lowest BCUT2D eigenvalue weighted by atomic mass is 9.94. The first-order chi connectivity index (χ1) is 8.28. The highest BCUT2D eigenvalue weighted by atomic mass is 19.4. The second-order valence-electron chi connectivity index (χ2n) is 4.46. The molecule has 98 valence electrons. The van der Waals surface area contributed by atoms with Crippen LogP contribution in [0.3, 0.4) is 0 Å². The summed E-state index contributed by atoms with van der Waals surface area (Å²) in [4.78, 5) is 9.79. The largest absolute Gasteiger partial charge is 0.416 e. The highest BCUT2D eigenvalue weighted by Gasteiger charge is 2.45. The summed E-state index contributed by atoms with van der Waals surface area (Å²) in [6.45, 7) is -0.300. The van der Waals surface area contributed by atoms with Crippen LogP contribution in [0, 0.1) is 10.1 Å². The molecule has 1 saturated carbocycles. The van der Waals surface area contributed by atoms with Crippen LogP contribution in [0.15, 0.2) is 18.2 Å². The summed E-state index contributed by atoms with van der Waals surface area (Å²) in [5, 5.41) is 19.8. The zero-order chi connectivity index (χ0) is 13.6. The minimum Gasteiger partial charge on any atom is -0.395 e. The van der Waals surface area contributed by atoms with Crippen molar-refractivity contribution in [1.29, 1.82) is 0 Å². The van der Waals surface area contributed by atoms with Crippen molar-refractivity contribution in [1.82, 2.24) is 0 Å². The molecule has 0 saturated heterocycles. The molecule has 4 nitrogen and oxygen atoms in total. The van der Waals surface area contributed by atoms with E-state index in [2.05, 4.69) is 0 Å². The van der Waals surface area contributed by atoms with Crippen LogP contribution in [0.4, 0.5) is 18.9 Å². The molecule has 0 unspecified atom stereocenters. The highest BCUT2D eigenvalue weighted by Crippen LogP contribution is 2.49. The third-order valence-electron chi connectivity index (χ3n) is 3.22. The van der Waals surface area contributed by atoms with Gasteiger partial charge in [-0.15, -0.1) is 0 Å². The molecule has 0 bridgehead atoms. The lowest BCUT2D eigenvalue weighted by Gasteiger charge is -2.14. The third kappa shape index (κ3) is 2.17. The molecule has 0 radical (unpaired) electrons. The van der Waals surface area contributed by atoms with Gasteiger partial charge < -0.3 is 5.11 Å². The summed E-state index contributed by atoms with van der Waals surface area (Å²) in [6, 6.07) is 2.51. The molecule has 18 heavy (non-hydrogen) atoms. The number of hydrogen-bond acceptors (Lipinski definition) is 3. The van der Waals surface area contributed by atoms with E-state index in [9.17, 15) is 28.4 Å². The summed E-state index contributed by atoms with van der Waals surface area (Å²) in [5.41, 5.74) is -2.19.